The third-order valence-electron chi connectivity index (χ3n) is 4.90. The largest absolute Gasteiger partial charge is 0.374 e. The van der Waals surface area contributed by atoms with Crippen LogP contribution in [0, 0.1) is 5.92 Å². The second-order valence-electron chi connectivity index (χ2n) is 6.68. The number of nitrogens with two attached hydrogens (primary N) is 1. The Morgan fingerprint density at radius 1 is 1.26 bits per heavy atom. The Morgan fingerprint density at radius 2 is 2.00 bits per heavy atom. The summed E-state index contributed by atoms with van der Waals surface area (Å²) in [5.74, 6) is 0.347. The smallest absolute Gasteiger partial charge is 0.226 e. The average Bonchev–Trinajstić information content (AvgIpc) is 2.55. The number of nitrogens with zero attached hydrogens (tertiary/aromatic N) is 1. The van der Waals surface area contributed by atoms with Gasteiger partial charge in [-0.15, -0.1) is 12.4 Å². The summed E-state index contributed by atoms with van der Waals surface area (Å²) in [4.78, 5) is 15.1. The van der Waals surface area contributed by atoms with E-state index in [1.807, 2.05) is 30.0 Å². The van der Waals surface area contributed by atoms with Crippen LogP contribution in [0.4, 0.5) is 0 Å². The van der Waals surface area contributed by atoms with Crippen LogP contribution in [0.5, 0.6) is 0 Å². The van der Waals surface area contributed by atoms with E-state index in [9.17, 15) is 4.79 Å². The molecule has 4 atom stereocenters. The van der Waals surface area contributed by atoms with Gasteiger partial charge in [0.05, 0.1) is 18.8 Å². The number of rotatable bonds is 2. The van der Waals surface area contributed by atoms with Gasteiger partial charge in [0.25, 0.3) is 0 Å². The predicted molar refractivity (Wildman–Crippen MR) is 93.5 cm³/mol. The molecule has 2 aliphatic rings. The van der Waals surface area contributed by atoms with Gasteiger partial charge in [0, 0.05) is 18.5 Å². The van der Waals surface area contributed by atoms with Crippen molar-refractivity contribution >= 4 is 18.3 Å². The number of ether oxygens (including phenoxy) is 1. The van der Waals surface area contributed by atoms with Gasteiger partial charge < -0.3 is 15.4 Å². The van der Waals surface area contributed by atoms with E-state index in [4.69, 9.17) is 10.5 Å². The molecule has 0 aromatic heterocycles. The topological polar surface area (TPSA) is 55.6 Å². The Kier molecular flexibility index (Phi) is 6.45. The molecule has 1 amide bonds. The molecule has 4 nitrogen and oxygen atoms in total. The maximum atomic E-state index is 13.0. The lowest BCUT2D eigenvalue weighted by molar-refractivity contribution is -0.150. The molecular formula is C18H27ClN2O2. The van der Waals surface area contributed by atoms with Crippen LogP contribution in [0.2, 0.25) is 0 Å². The highest BCUT2D eigenvalue weighted by Gasteiger charge is 2.36. The number of hydrogen-bond acceptors (Lipinski definition) is 3. The third kappa shape index (κ3) is 4.25. The first-order valence-corrected chi connectivity index (χ1v) is 8.37. The second-order valence-corrected chi connectivity index (χ2v) is 6.68. The van der Waals surface area contributed by atoms with Crippen molar-refractivity contribution in [2.24, 2.45) is 11.7 Å². The molecule has 1 aliphatic heterocycles. The van der Waals surface area contributed by atoms with Crippen LogP contribution in [0.1, 0.15) is 44.2 Å². The van der Waals surface area contributed by atoms with Crippen molar-refractivity contribution in [3.05, 3.63) is 35.9 Å². The quantitative estimate of drug-likeness (QED) is 0.902. The predicted octanol–water partition coefficient (Wildman–Crippen LogP) is 2.91. The van der Waals surface area contributed by atoms with Crippen molar-refractivity contribution in [1.82, 2.24) is 4.90 Å². The number of amides is 1. The first kappa shape index (κ1) is 18.2. The molecule has 23 heavy (non-hydrogen) atoms. The van der Waals surface area contributed by atoms with Gasteiger partial charge in [-0.25, -0.2) is 0 Å². The molecule has 128 valence electrons. The van der Waals surface area contributed by atoms with Crippen molar-refractivity contribution < 1.29 is 9.53 Å². The van der Waals surface area contributed by atoms with Gasteiger partial charge in [-0.1, -0.05) is 36.8 Å². The second kappa shape index (κ2) is 8.13. The molecule has 1 saturated carbocycles. The molecule has 1 aromatic carbocycles. The first-order chi connectivity index (χ1) is 10.6. The molecule has 0 spiro atoms. The molecular weight excluding hydrogens is 312 g/mol. The Morgan fingerprint density at radius 3 is 2.70 bits per heavy atom. The van der Waals surface area contributed by atoms with Gasteiger partial charge in [-0.3, -0.25) is 4.79 Å². The van der Waals surface area contributed by atoms with E-state index >= 15 is 0 Å². The maximum Gasteiger partial charge on any atom is 0.226 e. The lowest BCUT2D eigenvalue weighted by atomic mass is 9.84. The van der Waals surface area contributed by atoms with Gasteiger partial charge in [0.15, 0.2) is 0 Å². The SMILES string of the molecule is CC1CN(C(=O)C2CCCC(N)C2)C(c2ccccc2)CO1.Cl. The van der Waals surface area contributed by atoms with Gasteiger partial charge in [0.2, 0.25) is 5.91 Å². The van der Waals surface area contributed by atoms with E-state index in [1.165, 1.54) is 0 Å². The minimum Gasteiger partial charge on any atom is -0.374 e. The van der Waals surface area contributed by atoms with Crippen molar-refractivity contribution in [3.63, 3.8) is 0 Å². The van der Waals surface area contributed by atoms with E-state index in [0.717, 1.165) is 31.2 Å². The van der Waals surface area contributed by atoms with E-state index < -0.39 is 0 Å². The third-order valence-corrected chi connectivity index (χ3v) is 4.90. The molecule has 1 aliphatic carbocycles. The zero-order chi connectivity index (χ0) is 15.5. The van der Waals surface area contributed by atoms with E-state index in [-0.39, 0.29) is 42.4 Å². The number of halogens is 1. The van der Waals surface area contributed by atoms with Crippen molar-refractivity contribution in [2.45, 2.75) is 50.8 Å². The van der Waals surface area contributed by atoms with Gasteiger partial charge in [-0.2, -0.15) is 0 Å². The van der Waals surface area contributed by atoms with Crippen LogP contribution < -0.4 is 5.73 Å². The molecule has 4 unspecified atom stereocenters. The van der Waals surface area contributed by atoms with Gasteiger partial charge >= 0.3 is 0 Å². The van der Waals surface area contributed by atoms with Crippen LogP contribution >= 0.6 is 12.4 Å². The van der Waals surface area contributed by atoms with Gasteiger partial charge in [-0.05, 0) is 31.7 Å². The zero-order valence-electron chi connectivity index (χ0n) is 13.7. The molecule has 2 N–H and O–H groups in total. The Bertz CT molecular complexity index is 511. The van der Waals surface area contributed by atoms with Crippen LogP contribution in [0.3, 0.4) is 0 Å². The Balaban J connectivity index is 0.00000192. The highest BCUT2D eigenvalue weighted by atomic mass is 35.5. The minimum atomic E-state index is 0. The molecule has 3 rings (SSSR count). The summed E-state index contributed by atoms with van der Waals surface area (Å²) < 4.78 is 5.82. The molecule has 0 bridgehead atoms. The van der Waals surface area contributed by atoms with Crippen molar-refractivity contribution in [1.29, 1.82) is 0 Å². The molecule has 1 heterocycles. The summed E-state index contributed by atoms with van der Waals surface area (Å²) in [6.07, 6.45) is 4.01. The number of morpholine rings is 1. The van der Waals surface area contributed by atoms with Crippen LogP contribution in [-0.4, -0.2) is 36.1 Å². The highest BCUT2D eigenvalue weighted by molar-refractivity contribution is 5.85. The molecule has 5 heteroatoms. The van der Waals surface area contributed by atoms with E-state index in [1.54, 1.807) is 0 Å². The molecule has 2 fully saturated rings. The van der Waals surface area contributed by atoms with Gasteiger partial charge in [0.1, 0.15) is 0 Å². The van der Waals surface area contributed by atoms with Crippen LogP contribution in [0.25, 0.3) is 0 Å². The van der Waals surface area contributed by atoms with Crippen molar-refractivity contribution in [2.75, 3.05) is 13.2 Å². The summed E-state index contributed by atoms with van der Waals surface area (Å²) in [5, 5.41) is 0. The minimum absolute atomic E-state index is 0. The first-order valence-electron chi connectivity index (χ1n) is 8.37. The van der Waals surface area contributed by atoms with Crippen LogP contribution in [0.15, 0.2) is 30.3 Å². The maximum absolute atomic E-state index is 13.0. The number of benzene rings is 1. The highest BCUT2D eigenvalue weighted by Crippen LogP contribution is 2.31. The molecule has 1 saturated heterocycles. The number of carbonyl (C=O) groups excluding carboxylic acids is 1. The summed E-state index contributed by atoms with van der Waals surface area (Å²) in [6, 6.07) is 10.4. The summed E-state index contributed by atoms with van der Waals surface area (Å²) in [5.41, 5.74) is 7.23. The fourth-order valence-electron chi connectivity index (χ4n) is 3.68. The van der Waals surface area contributed by atoms with Crippen LogP contribution in [-0.2, 0) is 9.53 Å². The average molecular weight is 339 g/mol. The molecule has 1 aromatic rings. The normalized spacial score (nSPS) is 31.3. The summed E-state index contributed by atoms with van der Waals surface area (Å²) in [7, 11) is 0. The zero-order valence-corrected chi connectivity index (χ0v) is 14.5. The fourth-order valence-corrected chi connectivity index (χ4v) is 3.68. The number of carbonyl (C=O) groups is 1. The summed E-state index contributed by atoms with van der Waals surface area (Å²) in [6.45, 7) is 3.29. The summed E-state index contributed by atoms with van der Waals surface area (Å²) >= 11 is 0. The lowest BCUT2D eigenvalue weighted by Gasteiger charge is -2.41. The van der Waals surface area contributed by atoms with Crippen molar-refractivity contribution in [3.8, 4) is 0 Å². The number of hydrogen-bond donors (Lipinski definition) is 1. The lowest BCUT2D eigenvalue weighted by Crippen LogP contribution is -2.50. The monoisotopic (exact) mass is 338 g/mol. The Labute approximate surface area is 144 Å². The fraction of sp³-hybridized carbons (Fsp3) is 0.611. The standard InChI is InChI=1S/C18H26N2O2.ClH/c1-13-11-20(18(21)15-8-5-9-16(19)10-15)17(12-22-13)14-6-3-2-4-7-14;/h2-4,6-7,13,15-17H,5,8-12,19H2,1H3;1H. The molecule has 0 radical (unpaired) electrons. The van der Waals surface area contributed by atoms with E-state index in [2.05, 4.69) is 12.1 Å². The van der Waals surface area contributed by atoms with E-state index in [0.29, 0.717) is 13.2 Å². The Hall–Kier alpha value is -1.10.